The summed E-state index contributed by atoms with van der Waals surface area (Å²) in [5, 5.41) is 15.1. The predicted molar refractivity (Wildman–Crippen MR) is 81.4 cm³/mol. The van der Waals surface area contributed by atoms with Crippen molar-refractivity contribution in [1.82, 2.24) is 14.7 Å². The van der Waals surface area contributed by atoms with Gasteiger partial charge in [-0.3, -0.25) is 9.20 Å². The van der Waals surface area contributed by atoms with Crippen molar-refractivity contribution in [2.45, 2.75) is 12.5 Å². The van der Waals surface area contributed by atoms with Crippen LogP contribution in [0.25, 0.3) is 5.65 Å². The average molecular weight is 301 g/mol. The molecule has 3 heterocycles. The van der Waals surface area contributed by atoms with Gasteiger partial charge < -0.3 is 10.4 Å². The third-order valence-electron chi connectivity index (χ3n) is 3.29. The second-order valence-electron chi connectivity index (χ2n) is 5.01. The number of thiophene rings is 1. The van der Waals surface area contributed by atoms with E-state index in [1.54, 1.807) is 17.5 Å². The molecule has 2 N–H and O–H groups in total. The largest absolute Gasteiger partial charge is 0.383 e. The second-order valence-corrected chi connectivity index (χ2v) is 5.95. The van der Waals surface area contributed by atoms with Crippen LogP contribution in [0.2, 0.25) is 0 Å². The highest BCUT2D eigenvalue weighted by Crippen LogP contribution is 2.24. The van der Waals surface area contributed by atoms with Crippen LogP contribution in [0.3, 0.4) is 0 Å². The van der Waals surface area contributed by atoms with Crippen LogP contribution in [0.5, 0.6) is 0 Å². The number of carbonyl (C=O) groups excluding carboxylic acids is 1. The Kier molecular flexibility index (Phi) is 3.48. The van der Waals surface area contributed by atoms with Crippen LogP contribution in [-0.4, -0.2) is 26.9 Å². The summed E-state index contributed by atoms with van der Waals surface area (Å²) in [6, 6.07) is 9.27. The Morgan fingerprint density at radius 2 is 2.29 bits per heavy atom. The van der Waals surface area contributed by atoms with Gasteiger partial charge in [-0.1, -0.05) is 12.1 Å². The predicted octanol–water partition coefficient (Wildman–Crippen LogP) is 2.03. The third-order valence-corrected chi connectivity index (χ3v) is 4.42. The van der Waals surface area contributed by atoms with Crippen molar-refractivity contribution in [2.75, 3.05) is 6.54 Å². The Balaban J connectivity index is 1.75. The van der Waals surface area contributed by atoms with Crippen molar-refractivity contribution >= 4 is 22.9 Å². The van der Waals surface area contributed by atoms with E-state index in [0.717, 1.165) is 4.88 Å². The van der Waals surface area contributed by atoms with Crippen molar-refractivity contribution in [1.29, 1.82) is 0 Å². The number of nitrogens with one attached hydrogen (secondary N) is 1. The lowest BCUT2D eigenvalue weighted by Crippen LogP contribution is -2.38. The van der Waals surface area contributed by atoms with Crippen molar-refractivity contribution in [3.63, 3.8) is 0 Å². The molecule has 1 atom stereocenters. The molecule has 3 aromatic heterocycles. The van der Waals surface area contributed by atoms with Gasteiger partial charge in [-0.15, -0.1) is 11.3 Å². The molecule has 0 aromatic carbocycles. The van der Waals surface area contributed by atoms with Gasteiger partial charge in [0.25, 0.3) is 5.91 Å². The Hall–Kier alpha value is -2.18. The molecule has 5 nitrogen and oxygen atoms in total. The molecule has 1 unspecified atom stereocenters. The molecule has 3 aromatic rings. The fourth-order valence-corrected chi connectivity index (χ4v) is 2.90. The van der Waals surface area contributed by atoms with E-state index in [1.165, 1.54) is 17.5 Å². The van der Waals surface area contributed by atoms with Gasteiger partial charge >= 0.3 is 0 Å². The second kappa shape index (κ2) is 5.31. The Morgan fingerprint density at radius 3 is 3.05 bits per heavy atom. The first-order chi connectivity index (χ1) is 10.1. The summed E-state index contributed by atoms with van der Waals surface area (Å²) in [6.45, 7) is 1.83. The summed E-state index contributed by atoms with van der Waals surface area (Å²) < 4.78 is 1.72. The minimum absolute atomic E-state index is 0.145. The maximum atomic E-state index is 12.3. The highest BCUT2D eigenvalue weighted by atomic mass is 32.1. The molecule has 0 spiro atoms. The van der Waals surface area contributed by atoms with E-state index in [9.17, 15) is 9.90 Å². The number of aliphatic hydroxyl groups is 1. The molecule has 0 saturated carbocycles. The normalized spacial score (nSPS) is 14.0. The molecule has 0 radical (unpaired) electrons. The summed E-state index contributed by atoms with van der Waals surface area (Å²) in [4.78, 5) is 17.3. The van der Waals surface area contributed by atoms with Gasteiger partial charge in [-0.05, 0) is 30.5 Å². The van der Waals surface area contributed by atoms with Crippen molar-refractivity contribution in [3.8, 4) is 0 Å². The fourth-order valence-electron chi connectivity index (χ4n) is 2.12. The standard InChI is InChI=1S/C15H15N3O2S/c1-15(20,12-5-4-8-21-12)10-17-14(19)11-9-16-13-6-2-3-7-18(11)13/h2-9,20H,10H2,1H3,(H,17,19). The van der Waals surface area contributed by atoms with Crippen molar-refractivity contribution in [2.24, 2.45) is 0 Å². The molecular formula is C15H15N3O2S. The summed E-state index contributed by atoms with van der Waals surface area (Å²) >= 11 is 1.46. The molecule has 0 aliphatic carbocycles. The fraction of sp³-hybridized carbons (Fsp3) is 0.200. The smallest absolute Gasteiger partial charge is 0.270 e. The van der Waals surface area contributed by atoms with E-state index in [-0.39, 0.29) is 12.5 Å². The zero-order chi connectivity index (χ0) is 14.9. The first kappa shape index (κ1) is 13.8. The number of carbonyl (C=O) groups is 1. The van der Waals surface area contributed by atoms with Crippen LogP contribution in [0.1, 0.15) is 22.3 Å². The minimum atomic E-state index is -1.08. The van der Waals surface area contributed by atoms with Crippen molar-refractivity contribution in [3.05, 3.63) is 58.7 Å². The van der Waals surface area contributed by atoms with Gasteiger partial charge in [-0.2, -0.15) is 0 Å². The van der Waals surface area contributed by atoms with E-state index < -0.39 is 5.60 Å². The number of pyridine rings is 1. The zero-order valence-electron chi connectivity index (χ0n) is 11.5. The molecule has 0 saturated heterocycles. The zero-order valence-corrected chi connectivity index (χ0v) is 12.3. The number of aromatic nitrogens is 2. The Labute approximate surface area is 125 Å². The number of hydrogen-bond acceptors (Lipinski definition) is 4. The summed E-state index contributed by atoms with van der Waals surface area (Å²) in [7, 11) is 0. The first-order valence-corrected chi connectivity index (χ1v) is 7.42. The number of hydrogen-bond donors (Lipinski definition) is 2. The van der Waals surface area contributed by atoms with Crippen LogP contribution in [0, 0.1) is 0 Å². The maximum Gasteiger partial charge on any atom is 0.270 e. The molecule has 6 heteroatoms. The quantitative estimate of drug-likeness (QED) is 0.775. The van der Waals surface area contributed by atoms with Gasteiger partial charge in [0.1, 0.15) is 16.9 Å². The highest BCUT2D eigenvalue weighted by Gasteiger charge is 2.25. The summed E-state index contributed by atoms with van der Waals surface area (Å²) in [5.74, 6) is -0.259. The van der Waals surface area contributed by atoms with Crippen LogP contribution in [0.4, 0.5) is 0 Å². The lowest BCUT2D eigenvalue weighted by atomic mass is 10.1. The lowest BCUT2D eigenvalue weighted by Gasteiger charge is -2.22. The summed E-state index contributed by atoms with van der Waals surface area (Å²) in [5.41, 5.74) is 0.0878. The molecule has 3 rings (SSSR count). The molecule has 21 heavy (non-hydrogen) atoms. The molecule has 0 aliphatic rings. The van der Waals surface area contributed by atoms with E-state index in [1.807, 2.05) is 35.7 Å². The topological polar surface area (TPSA) is 66.6 Å². The van der Waals surface area contributed by atoms with Crippen LogP contribution in [-0.2, 0) is 5.60 Å². The molecule has 108 valence electrons. The molecular weight excluding hydrogens is 286 g/mol. The third kappa shape index (κ3) is 2.68. The Bertz CT molecular complexity index is 762. The van der Waals surface area contributed by atoms with E-state index in [4.69, 9.17) is 0 Å². The number of nitrogens with zero attached hydrogens (tertiary/aromatic N) is 2. The highest BCUT2D eigenvalue weighted by molar-refractivity contribution is 7.10. The van der Waals surface area contributed by atoms with E-state index in [0.29, 0.717) is 11.3 Å². The van der Waals surface area contributed by atoms with Crippen LogP contribution < -0.4 is 5.32 Å². The number of imidazole rings is 1. The number of fused-ring (bicyclic) bond motifs is 1. The van der Waals surface area contributed by atoms with Gasteiger partial charge in [0, 0.05) is 11.1 Å². The van der Waals surface area contributed by atoms with Crippen molar-refractivity contribution < 1.29 is 9.90 Å². The number of rotatable bonds is 4. The maximum absolute atomic E-state index is 12.3. The molecule has 1 amide bonds. The monoisotopic (exact) mass is 301 g/mol. The minimum Gasteiger partial charge on any atom is -0.383 e. The summed E-state index contributed by atoms with van der Waals surface area (Å²) in [6.07, 6.45) is 3.32. The first-order valence-electron chi connectivity index (χ1n) is 6.54. The Morgan fingerprint density at radius 1 is 1.43 bits per heavy atom. The van der Waals surface area contributed by atoms with Gasteiger partial charge in [0.15, 0.2) is 0 Å². The van der Waals surface area contributed by atoms with Gasteiger partial charge in [0.2, 0.25) is 0 Å². The molecule has 0 fully saturated rings. The van der Waals surface area contributed by atoms with Gasteiger partial charge in [0.05, 0.1) is 12.7 Å². The molecule has 0 bridgehead atoms. The van der Waals surface area contributed by atoms with E-state index >= 15 is 0 Å². The molecule has 0 aliphatic heterocycles. The van der Waals surface area contributed by atoms with Gasteiger partial charge in [-0.25, -0.2) is 4.98 Å². The lowest BCUT2D eigenvalue weighted by molar-refractivity contribution is 0.0555. The van der Waals surface area contributed by atoms with E-state index in [2.05, 4.69) is 10.3 Å². The van der Waals surface area contributed by atoms with Crippen LogP contribution >= 0.6 is 11.3 Å². The SMILES string of the molecule is CC(O)(CNC(=O)c1cnc2ccccn12)c1cccs1. The van der Waals surface area contributed by atoms with Crippen LogP contribution in [0.15, 0.2) is 48.1 Å². The number of amides is 1. The average Bonchev–Trinajstić information content (AvgIpc) is 3.14.